The van der Waals surface area contributed by atoms with Crippen LogP contribution in [0.2, 0.25) is 0 Å². The predicted molar refractivity (Wildman–Crippen MR) is 239 cm³/mol. The van der Waals surface area contributed by atoms with Gasteiger partial charge < -0.3 is 9.13 Å². The van der Waals surface area contributed by atoms with E-state index < -0.39 is 0 Å². The Labute approximate surface area is 323 Å². The smallest absolute Gasteiger partial charge is 0.0541 e. The molecule has 0 N–H and O–H groups in total. The minimum absolute atomic E-state index is 1.16. The Morgan fingerprint density at radius 3 is 0.875 bits per heavy atom. The molecule has 10 aromatic carbocycles. The van der Waals surface area contributed by atoms with Crippen LogP contribution in [-0.4, -0.2) is 9.13 Å². The van der Waals surface area contributed by atoms with Crippen molar-refractivity contribution in [2.45, 2.75) is 0 Å². The molecule has 12 aromatic rings. The quantitative estimate of drug-likeness (QED) is 0.161. The van der Waals surface area contributed by atoms with Crippen molar-refractivity contribution in [2.24, 2.45) is 0 Å². The van der Waals surface area contributed by atoms with Crippen molar-refractivity contribution in [3.05, 3.63) is 206 Å². The van der Waals surface area contributed by atoms with E-state index >= 15 is 0 Å². The standard InChI is InChI=1S/C54H34N2/c1-3-19-46-40(13-1)48(35-25-29-38(30-26-35)55-50-21-9-5-15-42(50)43-16-6-10-22-51(43)55)33-37-34-49(41-14-2-4-20-47(41)54(37)46)36-27-31-39(32-28-36)56-52-23-11-7-17-44(52)45-18-8-12-24-53(45)56/h1-34H. The molecule has 0 atom stereocenters. The first kappa shape index (κ1) is 31.0. The molecule has 56 heavy (non-hydrogen) atoms. The van der Waals surface area contributed by atoms with Crippen LogP contribution < -0.4 is 0 Å². The fourth-order valence-corrected chi connectivity index (χ4v) is 9.44. The molecule has 0 radical (unpaired) electrons. The number of nitrogens with zero attached hydrogens (tertiary/aromatic N) is 2. The van der Waals surface area contributed by atoms with Gasteiger partial charge in [-0.3, -0.25) is 0 Å². The molecule has 0 fully saturated rings. The molecule has 0 saturated heterocycles. The summed E-state index contributed by atoms with van der Waals surface area (Å²) in [5.74, 6) is 0. The van der Waals surface area contributed by atoms with Gasteiger partial charge in [0.2, 0.25) is 0 Å². The summed E-state index contributed by atoms with van der Waals surface area (Å²) in [4.78, 5) is 0. The average molecular weight is 711 g/mol. The van der Waals surface area contributed by atoms with E-state index in [1.165, 1.54) is 98.2 Å². The number of para-hydroxylation sites is 4. The highest BCUT2D eigenvalue weighted by Gasteiger charge is 2.17. The van der Waals surface area contributed by atoms with E-state index in [9.17, 15) is 0 Å². The van der Waals surface area contributed by atoms with E-state index in [1.54, 1.807) is 0 Å². The number of benzene rings is 10. The molecule has 0 bridgehead atoms. The van der Waals surface area contributed by atoms with E-state index in [-0.39, 0.29) is 0 Å². The fraction of sp³-hybridized carbons (Fsp3) is 0. The highest BCUT2D eigenvalue weighted by Crippen LogP contribution is 2.43. The maximum absolute atomic E-state index is 2.41. The monoisotopic (exact) mass is 710 g/mol. The Morgan fingerprint density at radius 2 is 0.536 bits per heavy atom. The Morgan fingerprint density at radius 1 is 0.250 bits per heavy atom. The highest BCUT2D eigenvalue weighted by molar-refractivity contribution is 6.26. The zero-order chi connectivity index (χ0) is 36.7. The summed E-state index contributed by atoms with van der Waals surface area (Å²) in [5.41, 5.74) is 12.1. The number of hydrogen-bond acceptors (Lipinski definition) is 0. The maximum Gasteiger partial charge on any atom is 0.0541 e. The van der Waals surface area contributed by atoms with Gasteiger partial charge in [-0.05, 0) is 115 Å². The van der Waals surface area contributed by atoms with Crippen LogP contribution in [0.1, 0.15) is 0 Å². The molecule has 0 unspecified atom stereocenters. The van der Waals surface area contributed by atoms with Crippen molar-refractivity contribution in [1.29, 1.82) is 0 Å². The van der Waals surface area contributed by atoms with Gasteiger partial charge in [0, 0.05) is 32.9 Å². The number of aromatic nitrogens is 2. The lowest BCUT2D eigenvalue weighted by atomic mass is 9.87. The molecule has 12 rings (SSSR count). The lowest BCUT2D eigenvalue weighted by molar-refractivity contribution is 1.18. The summed E-state index contributed by atoms with van der Waals surface area (Å²) in [6, 6.07) is 75.7. The van der Waals surface area contributed by atoms with Gasteiger partial charge in [-0.15, -0.1) is 0 Å². The van der Waals surface area contributed by atoms with Crippen LogP contribution >= 0.6 is 0 Å². The second-order valence-corrected chi connectivity index (χ2v) is 14.9. The summed E-state index contributed by atoms with van der Waals surface area (Å²) in [6.07, 6.45) is 0. The molecule has 2 aromatic heterocycles. The van der Waals surface area contributed by atoms with Crippen molar-refractivity contribution in [1.82, 2.24) is 9.13 Å². The van der Waals surface area contributed by atoms with Crippen molar-refractivity contribution in [3.63, 3.8) is 0 Å². The van der Waals surface area contributed by atoms with Crippen LogP contribution in [0, 0.1) is 0 Å². The fourth-order valence-electron chi connectivity index (χ4n) is 9.44. The van der Waals surface area contributed by atoms with Crippen molar-refractivity contribution in [3.8, 4) is 33.6 Å². The zero-order valence-electron chi connectivity index (χ0n) is 30.5. The van der Waals surface area contributed by atoms with Gasteiger partial charge >= 0.3 is 0 Å². The van der Waals surface area contributed by atoms with Gasteiger partial charge in [-0.1, -0.05) is 146 Å². The normalized spacial score (nSPS) is 11.9. The summed E-state index contributed by atoms with van der Waals surface area (Å²) in [5, 5.41) is 12.7. The van der Waals surface area contributed by atoms with Gasteiger partial charge in [0.05, 0.1) is 22.1 Å². The molecule has 2 heterocycles. The second-order valence-electron chi connectivity index (χ2n) is 14.9. The van der Waals surface area contributed by atoms with Gasteiger partial charge in [0.15, 0.2) is 0 Å². The molecule has 0 aliphatic carbocycles. The Balaban J connectivity index is 1.02. The van der Waals surface area contributed by atoms with Gasteiger partial charge in [0.1, 0.15) is 0 Å². The number of rotatable bonds is 4. The molecule has 0 aliphatic heterocycles. The van der Waals surface area contributed by atoms with Crippen LogP contribution in [0.3, 0.4) is 0 Å². The third-order valence-electron chi connectivity index (χ3n) is 11.9. The second kappa shape index (κ2) is 12.0. The minimum atomic E-state index is 1.16. The Hall–Kier alpha value is -7.42. The summed E-state index contributed by atoms with van der Waals surface area (Å²) in [6.45, 7) is 0. The third kappa shape index (κ3) is 4.50. The van der Waals surface area contributed by atoms with Crippen molar-refractivity contribution in [2.75, 3.05) is 0 Å². The first-order chi connectivity index (χ1) is 27.8. The van der Waals surface area contributed by atoms with Crippen molar-refractivity contribution < 1.29 is 0 Å². The molecule has 0 spiro atoms. The lowest BCUT2D eigenvalue weighted by Gasteiger charge is -2.17. The van der Waals surface area contributed by atoms with Crippen LogP contribution in [-0.2, 0) is 0 Å². The lowest BCUT2D eigenvalue weighted by Crippen LogP contribution is -1.94. The van der Waals surface area contributed by atoms with E-state index in [1.807, 2.05) is 0 Å². The van der Waals surface area contributed by atoms with Gasteiger partial charge in [-0.25, -0.2) is 0 Å². The van der Waals surface area contributed by atoms with Crippen LogP contribution in [0.4, 0.5) is 0 Å². The van der Waals surface area contributed by atoms with E-state index in [0.717, 1.165) is 11.4 Å². The number of hydrogen-bond donors (Lipinski definition) is 0. The topological polar surface area (TPSA) is 9.86 Å². The van der Waals surface area contributed by atoms with E-state index in [4.69, 9.17) is 0 Å². The minimum Gasteiger partial charge on any atom is -0.309 e. The molecule has 0 saturated carbocycles. The first-order valence-electron chi connectivity index (χ1n) is 19.4. The Kier molecular flexibility index (Phi) is 6.66. The maximum atomic E-state index is 2.41. The zero-order valence-corrected chi connectivity index (χ0v) is 30.5. The van der Waals surface area contributed by atoms with Gasteiger partial charge in [-0.2, -0.15) is 0 Å². The predicted octanol–water partition coefficient (Wildman–Crippen LogP) is 14.7. The molecule has 2 nitrogen and oxygen atoms in total. The SMILES string of the molecule is c1ccc2c(c1)c(-c1ccc(-n3c4ccccc4c4ccccc43)cc1)cc1cc(-c3ccc(-n4c5ccccc5c5ccccc54)cc3)c3ccccc3c12. The first-order valence-corrected chi connectivity index (χ1v) is 19.4. The molecule has 2 heteroatoms. The molecule has 260 valence electrons. The highest BCUT2D eigenvalue weighted by atomic mass is 15.0. The van der Waals surface area contributed by atoms with Crippen LogP contribution in [0.15, 0.2) is 206 Å². The summed E-state index contributed by atoms with van der Waals surface area (Å²) in [7, 11) is 0. The average Bonchev–Trinajstić information content (AvgIpc) is 3.79. The molecule has 0 aliphatic rings. The van der Waals surface area contributed by atoms with Crippen molar-refractivity contribution >= 4 is 75.9 Å². The molecular weight excluding hydrogens is 677 g/mol. The van der Waals surface area contributed by atoms with Crippen LogP contribution in [0.25, 0.3) is 110 Å². The molecule has 0 amide bonds. The van der Waals surface area contributed by atoms with Gasteiger partial charge in [0.25, 0.3) is 0 Å². The Bertz CT molecular complexity index is 3170. The summed E-state index contributed by atoms with van der Waals surface area (Å²) < 4.78 is 4.77. The van der Waals surface area contributed by atoms with E-state index in [0.29, 0.717) is 0 Å². The van der Waals surface area contributed by atoms with Crippen LogP contribution in [0.5, 0.6) is 0 Å². The third-order valence-corrected chi connectivity index (χ3v) is 11.9. The number of fused-ring (bicyclic) bond motifs is 11. The summed E-state index contributed by atoms with van der Waals surface area (Å²) >= 11 is 0. The van der Waals surface area contributed by atoms with E-state index in [2.05, 4.69) is 215 Å². The molecular formula is C54H34N2. The largest absolute Gasteiger partial charge is 0.309 e.